The van der Waals surface area contributed by atoms with Gasteiger partial charge in [0.1, 0.15) is 16.7 Å². The molecule has 0 saturated carbocycles. The number of nitro groups is 1. The molecule has 0 saturated heterocycles. The highest BCUT2D eigenvalue weighted by molar-refractivity contribution is 6.32. The van der Waals surface area contributed by atoms with E-state index in [1.54, 1.807) is 13.0 Å². The maximum Gasteiger partial charge on any atom is 0.413 e. The molecule has 0 unspecified atom stereocenters. The van der Waals surface area contributed by atoms with Crippen LogP contribution in [0.5, 0.6) is 0 Å². The molecule has 1 aromatic carbocycles. The maximum absolute atomic E-state index is 12.2. The zero-order valence-electron chi connectivity index (χ0n) is 13.8. The molecular weight excluding hydrogens is 366 g/mol. The van der Waals surface area contributed by atoms with Gasteiger partial charge in [0.2, 0.25) is 0 Å². The van der Waals surface area contributed by atoms with E-state index < -0.39 is 28.2 Å². The number of rotatable bonds is 7. The van der Waals surface area contributed by atoms with Gasteiger partial charge >= 0.3 is 6.09 Å². The quantitative estimate of drug-likeness (QED) is 0.317. The van der Waals surface area contributed by atoms with Crippen LogP contribution in [0.25, 0.3) is 0 Å². The van der Waals surface area contributed by atoms with Crippen LogP contribution in [-0.2, 0) is 9.53 Å². The van der Waals surface area contributed by atoms with Crippen molar-refractivity contribution in [2.75, 3.05) is 25.0 Å². The number of hydrogen-bond donors (Lipinski definition) is 2. The standard InChI is InChI=1S/C15H16ClN5O5/c1-2-26-15(23)20(6-5-17)9-10(8-18)14(22)19-11-3-4-12(16)13(7-11)21(24)25/h3-4,7,9H,2,5-6,17H2,1H3,(H,19,22)/b10-9-. The zero-order chi connectivity index (χ0) is 19.7. The predicted molar refractivity (Wildman–Crippen MR) is 93.2 cm³/mol. The summed E-state index contributed by atoms with van der Waals surface area (Å²) in [6.07, 6.45) is 0.241. The summed E-state index contributed by atoms with van der Waals surface area (Å²) in [5.74, 6) is -0.865. The summed E-state index contributed by atoms with van der Waals surface area (Å²) in [6, 6.07) is 5.29. The van der Waals surface area contributed by atoms with E-state index in [1.165, 1.54) is 12.1 Å². The number of nitrogens with two attached hydrogens (primary N) is 1. The Bertz CT molecular complexity index is 774. The molecule has 2 amide bonds. The Kier molecular flexibility index (Phi) is 8.01. The number of nitriles is 1. The van der Waals surface area contributed by atoms with Gasteiger partial charge in [-0.3, -0.25) is 19.8 Å². The number of halogens is 1. The van der Waals surface area contributed by atoms with Crippen LogP contribution >= 0.6 is 11.6 Å². The van der Waals surface area contributed by atoms with Crippen LogP contribution in [0.15, 0.2) is 30.0 Å². The van der Waals surface area contributed by atoms with E-state index in [-0.39, 0.29) is 30.4 Å². The Balaban J connectivity index is 3.04. The SMILES string of the molecule is CCOC(=O)N(/C=C(/C#N)C(=O)Nc1ccc(Cl)c([N+](=O)[O-])c1)CCN. The Morgan fingerprint density at radius 3 is 2.77 bits per heavy atom. The number of carbonyl (C=O) groups excluding carboxylic acids is 2. The van der Waals surface area contributed by atoms with Gasteiger partial charge in [-0.1, -0.05) is 11.6 Å². The molecule has 0 aliphatic carbocycles. The lowest BCUT2D eigenvalue weighted by Crippen LogP contribution is -2.32. The lowest BCUT2D eigenvalue weighted by atomic mass is 10.2. The first kappa shape index (κ1) is 20.9. The van der Waals surface area contributed by atoms with Gasteiger partial charge < -0.3 is 15.8 Å². The Labute approximate surface area is 153 Å². The number of amides is 2. The van der Waals surface area contributed by atoms with Crippen molar-refractivity contribution in [2.24, 2.45) is 5.73 Å². The highest BCUT2D eigenvalue weighted by Gasteiger charge is 2.18. The number of nitro benzene ring substituents is 1. The Morgan fingerprint density at radius 2 is 2.23 bits per heavy atom. The van der Waals surface area contributed by atoms with Crippen molar-refractivity contribution in [3.05, 3.63) is 45.1 Å². The van der Waals surface area contributed by atoms with Gasteiger partial charge in [0.15, 0.2) is 0 Å². The lowest BCUT2D eigenvalue weighted by molar-refractivity contribution is -0.384. The summed E-state index contributed by atoms with van der Waals surface area (Å²) in [5.41, 5.74) is 4.65. The molecule has 0 fully saturated rings. The van der Waals surface area contributed by atoms with E-state index in [4.69, 9.17) is 22.1 Å². The van der Waals surface area contributed by atoms with Crippen LogP contribution in [0.2, 0.25) is 5.02 Å². The van der Waals surface area contributed by atoms with Crippen molar-refractivity contribution >= 4 is 35.0 Å². The second-order valence-electron chi connectivity index (χ2n) is 4.71. The Hall–Kier alpha value is -3.16. The van der Waals surface area contributed by atoms with Gasteiger partial charge in [0.05, 0.1) is 11.5 Å². The highest BCUT2D eigenvalue weighted by Crippen LogP contribution is 2.27. The van der Waals surface area contributed by atoms with Gasteiger partial charge in [0, 0.05) is 31.0 Å². The molecule has 10 nitrogen and oxygen atoms in total. The molecule has 0 spiro atoms. The molecule has 26 heavy (non-hydrogen) atoms. The first-order chi connectivity index (χ1) is 12.3. The monoisotopic (exact) mass is 381 g/mol. The molecule has 1 rings (SSSR count). The summed E-state index contributed by atoms with van der Waals surface area (Å²) in [5, 5.41) is 22.3. The lowest BCUT2D eigenvalue weighted by Gasteiger charge is -2.17. The summed E-state index contributed by atoms with van der Waals surface area (Å²) in [7, 11) is 0. The minimum absolute atomic E-state index is 0.0315. The van der Waals surface area contributed by atoms with Crippen LogP contribution in [0.3, 0.4) is 0 Å². The average Bonchev–Trinajstić information content (AvgIpc) is 2.60. The maximum atomic E-state index is 12.2. The summed E-state index contributed by atoms with van der Waals surface area (Å²) in [6.45, 7) is 1.83. The van der Waals surface area contributed by atoms with Crippen molar-refractivity contribution in [3.63, 3.8) is 0 Å². The molecule has 0 heterocycles. The molecule has 0 bridgehead atoms. The number of nitrogens with zero attached hydrogens (tertiary/aromatic N) is 3. The largest absolute Gasteiger partial charge is 0.449 e. The van der Waals surface area contributed by atoms with E-state index >= 15 is 0 Å². The molecular formula is C15H16ClN5O5. The zero-order valence-corrected chi connectivity index (χ0v) is 14.5. The van der Waals surface area contributed by atoms with Crippen LogP contribution in [0.1, 0.15) is 6.92 Å². The van der Waals surface area contributed by atoms with Crippen molar-refractivity contribution in [3.8, 4) is 6.07 Å². The minimum atomic E-state index is -0.865. The van der Waals surface area contributed by atoms with E-state index in [0.29, 0.717) is 0 Å². The average molecular weight is 382 g/mol. The van der Waals surface area contributed by atoms with Gasteiger partial charge in [-0.05, 0) is 19.1 Å². The number of benzene rings is 1. The number of nitrogens with one attached hydrogen (secondary N) is 1. The third-order valence-electron chi connectivity index (χ3n) is 2.92. The van der Waals surface area contributed by atoms with Gasteiger partial charge in [-0.15, -0.1) is 0 Å². The van der Waals surface area contributed by atoms with Crippen LogP contribution in [-0.4, -0.2) is 41.5 Å². The van der Waals surface area contributed by atoms with Crippen LogP contribution < -0.4 is 11.1 Å². The predicted octanol–water partition coefficient (Wildman–Crippen LogP) is 2.01. The molecule has 0 aliphatic rings. The van der Waals surface area contributed by atoms with Gasteiger partial charge in [-0.2, -0.15) is 5.26 Å². The molecule has 0 radical (unpaired) electrons. The van der Waals surface area contributed by atoms with E-state index in [1.807, 2.05) is 0 Å². The number of hydrogen-bond acceptors (Lipinski definition) is 7. The third kappa shape index (κ3) is 5.73. The smallest absolute Gasteiger partial charge is 0.413 e. The van der Waals surface area contributed by atoms with Crippen molar-refractivity contribution in [2.45, 2.75) is 6.92 Å². The first-order valence-corrected chi connectivity index (χ1v) is 7.72. The van der Waals surface area contributed by atoms with E-state index in [0.717, 1.165) is 17.2 Å². The van der Waals surface area contributed by atoms with Crippen molar-refractivity contribution < 1.29 is 19.2 Å². The molecule has 3 N–H and O–H groups in total. The summed E-state index contributed by atoms with van der Waals surface area (Å²) >= 11 is 5.70. The first-order valence-electron chi connectivity index (χ1n) is 7.34. The molecule has 138 valence electrons. The van der Waals surface area contributed by atoms with E-state index in [2.05, 4.69) is 5.32 Å². The minimum Gasteiger partial charge on any atom is -0.449 e. The summed E-state index contributed by atoms with van der Waals surface area (Å²) in [4.78, 5) is 35.2. The number of carbonyl (C=O) groups is 2. The second-order valence-corrected chi connectivity index (χ2v) is 5.12. The molecule has 0 atom stereocenters. The topological polar surface area (TPSA) is 152 Å². The highest BCUT2D eigenvalue weighted by atomic mass is 35.5. The second kappa shape index (κ2) is 9.97. The Morgan fingerprint density at radius 1 is 1.54 bits per heavy atom. The summed E-state index contributed by atoms with van der Waals surface area (Å²) < 4.78 is 4.81. The molecule has 0 aliphatic heterocycles. The molecule has 11 heteroatoms. The number of anilines is 1. The fourth-order valence-electron chi connectivity index (χ4n) is 1.78. The van der Waals surface area contributed by atoms with Crippen LogP contribution in [0, 0.1) is 21.4 Å². The fourth-order valence-corrected chi connectivity index (χ4v) is 1.96. The normalized spacial score (nSPS) is 10.6. The third-order valence-corrected chi connectivity index (χ3v) is 3.24. The number of ether oxygens (including phenoxy) is 1. The van der Waals surface area contributed by atoms with Gasteiger partial charge in [0.25, 0.3) is 11.6 Å². The van der Waals surface area contributed by atoms with Crippen LogP contribution in [0.4, 0.5) is 16.2 Å². The van der Waals surface area contributed by atoms with Crippen molar-refractivity contribution in [1.82, 2.24) is 4.90 Å². The van der Waals surface area contributed by atoms with Gasteiger partial charge in [-0.25, -0.2) is 4.79 Å². The fraction of sp³-hybridized carbons (Fsp3) is 0.267. The molecule has 0 aromatic heterocycles. The molecule has 1 aromatic rings. The van der Waals surface area contributed by atoms with E-state index in [9.17, 15) is 25.0 Å². The van der Waals surface area contributed by atoms with Crippen molar-refractivity contribution in [1.29, 1.82) is 5.26 Å².